The number of anilines is 1. The maximum Gasteiger partial charge on any atom is 0.236 e. The van der Waals surface area contributed by atoms with Crippen LogP contribution in [0.1, 0.15) is 12.7 Å². The van der Waals surface area contributed by atoms with Gasteiger partial charge in [-0.05, 0) is 19.1 Å². The first-order valence-electron chi connectivity index (χ1n) is 10.1. The number of hydrogen-bond donors (Lipinski definition) is 1. The lowest BCUT2D eigenvalue weighted by Crippen LogP contribution is -2.15. The lowest BCUT2D eigenvalue weighted by Gasteiger charge is -2.08. The highest BCUT2D eigenvalue weighted by Crippen LogP contribution is 2.25. The Morgan fingerprint density at radius 3 is 2.45 bits per heavy atom. The zero-order valence-electron chi connectivity index (χ0n) is 17.7. The third-order valence-corrected chi connectivity index (χ3v) is 8.04. The van der Waals surface area contributed by atoms with Crippen molar-refractivity contribution in [2.75, 3.05) is 11.1 Å². The summed E-state index contributed by atoms with van der Waals surface area (Å²) in [5.41, 5.74) is 1.79. The van der Waals surface area contributed by atoms with E-state index in [1.165, 1.54) is 23.1 Å². The van der Waals surface area contributed by atoms with Crippen molar-refractivity contribution in [3.05, 3.63) is 71.9 Å². The van der Waals surface area contributed by atoms with Crippen molar-refractivity contribution in [2.24, 2.45) is 0 Å². The quantitative estimate of drug-likeness (QED) is 0.345. The number of rotatable bonds is 9. The number of carbonyl (C=O) groups is 1. The van der Waals surface area contributed by atoms with Gasteiger partial charge in [0.25, 0.3) is 0 Å². The number of amides is 1. The molecule has 0 radical (unpaired) electrons. The van der Waals surface area contributed by atoms with E-state index in [1.54, 1.807) is 34.9 Å². The Morgan fingerprint density at radius 2 is 1.76 bits per heavy atom. The number of aromatic nitrogens is 4. The summed E-state index contributed by atoms with van der Waals surface area (Å²) in [7, 11) is -3.54. The first-order valence-corrected chi connectivity index (χ1v) is 13.6. The van der Waals surface area contributed by atoms with Crippen molar-refractivity contribution in [3.8, 4) is 11.3 Å². The van der Waals surface area contributed by atoms with Gasteiger partial charge in [0.1, 0.15) is 11.6 Å². The first kappa shape index (κ1) is 23.1. The molecule has 0 atom stereocenters. The molecular weight excluding hydrogens is 478 g/mol. The summed E-state index contributed by atoms with van der Waals surface area (Å²) in [5.74, 6) is -0.0368. The number of thiazole rings is 1. The fraction of sp³-hybridized carbons (Fsp3) is 0.182. The third-order valence-electron chi connectivity index (χ3n) is 4.68. The molecule has 1 N–H and O–H groups in total. The summed E-state index contributed by atoms with van der Waals surface area (Å²) in [6.45, 7) is 2.37. The number of thioether (sulfide) groups is 1. The molecule has 0 unspecified atom stereocenters. The Balaban J connectivity index is 1.38. The van der Waals surface area contributed by atoms with Crippen molar-refractivity contribution in [2.45, 2.75) is 29.3 Å². The highest BCUT2D eigenvalue weighted by Gasteiger charge is 2.21. The van der Waals surface area contributed by atoms with Crippen LogP contribution in [0.4, 0.5) is 5.13 Å². The van der Waals surface area contributed by atoms with E-state index >= 15 is 0 Å². The summed E-state index contributed by atoms with van der Waals surface area (Å²) in [5, 5.41) is 13.9. The maximum absolute atomic E-state index is 12.7. The van der Waals surface area contributed by atoms with E-state index in [0.29, 0.717) is 22.7 Å². The molecule has 1 amide bonds. The average Bonchev–Trinajstić information content (AvgIpc) is 3.45. The number of carbonyl (C=O) groups excluding carboxylic acids is 1. The van der Waals surface area contributed by atoms with E-state index in [-0.39, 0.29) is 22.3 Å². The summed E-state index contributed by atoms with van der Waals surface area (Å²) in [6, 6.07) is 18.0. The van der Waals surface area contributed by atoms with Crippen LogP contribution in [0.2, 0.25) is 0 Å². The second kappa shape index (κ2) is 10.3. The number of benzene rings is 2. The minimum Gasteiger partial charge on any atom is -0.305 e. The zero-order valence-corrected chi connectivity index (χ0v) is 20.2. The highest BCUT2D eigenvalue weighted by molar-refractivity contribution is 7.99. The summed E-state index contributed by atoms with van der Waals surface area (Å²) in [4.78, 5) is 17.1. The van der Waals surface area contributed by atoms with Crippen molar-refractivity contribution < 1.29 is 13.2 Å². The Kier molecular flexibility index (Phi) is 7.21. The molecule has 0 bridgehead atoms. The fourth-order valence-electron chi connectivity index (χ4n) is 3.09. The lowest BCUT2D eigenvalue weighted by atomic mass is 10.2. The average molecular weight is 500 g/mol. The molecule has 2 heterocycles. The summed E-state index contributed by atoms with van der Waals surface area (Å²) >= 11 is 2.56. The van der Waals surface area contributed by atoms with Crippen molar-refractivity contribution in [1.29, 1.82) is 0 Å². The van der Waals surface area contributed by atoms with Gasteiger partial charge in [0.05, 0.1) is 16.3 Å². The van der Waals surface area contributed by atoms with E-state index in [0.717, 1.165) is 11.3 Å². The molecule has 0 aliphatic rings. The van der Waals surface area contributed by atoms with E-state index in [2.05, 4.69) is 20.5 Å². The van der Waals surface area contributed by atoms with E-state index in [9.17, 15) is 13.2 Å². The Labute approximate surface area is 200 Å². The Bertz CT molecular complexity index is 1340. The molecule has 0 saturated heterocycles. The van der Waals surface area contributed by atoms with Gasteiger partial charge in [-0.2, -0.15) is 0 Å². The molecule has 170 valence electrons. The van der Waals surface area contributed by atoms with Crippen LogP contribution in [0, 0.1) is 0 Å². The molecule has 11 heteroatoms. The summed E-state index contributed by atoms with van der Waals surface area (Å²) in [6.07, 6.45) is 0. The van der Waals surface area contributed by atoms with Crippen LogP contribution >= 0.6 is 23.1 Å². The van der Waals surface area contributed by atoms with Gasteiger partial charge in [0.15, 0.2) is 20.1 Å². The molecular formula is C22H21N5O3S3. The van der Waals surface area contributed by atoms with Crippen LogP contribution in [0.15, 0.2) is 76.1 Å². The SMILES string of the molecule is CCn1c(CS(=O)(=O)c2ccccc2)nnc1SCC(=O)Nc1nc(-c2ccccc2)cs1. The van der Waals surface area contributed by atoms with Crippen LogP contribution < -0.4 is 5.32 Å². The molecule has 33 heavy (non-hydrogen) atoms. The molecule has 0 aliphatic heterocycles. The standard InChI is InChI=1S/C22H21N5O3S3/c1-2-27-19(15-33(29,30)17-11-7-4-8-12-17)25-26-22(27)32-14-20(28)24-21-23-18(13-31-21)16-9-5-3-6-10-16/h3-13H,2,14-15H2,1H3,(H,23,24,28). The number of nitrogens with one attached hydrogen (secondary N) is 1. The smallest absolute Gasteiger partial charge is 0.236 e. The molecule has 0 aliphatic carbocycles. The van der Waals surface area contributed by atoms with Crippen molar-refractivity contribution >= 4 is 44.0 Å². The van der Waals surface area contributed by atoms with Gasteiger partial charge in [0, 0.05) is 17.5 Å². The molecule has 4 rings (SSSR count). The number of hydrogen-bond acceptors (Lipinski definition) is 8. The second-order valence-electron chi connectivity index (χ2n) is 6.96. The zero-order chi connectivity index (χ0) is 23.3. The monoisotopic (exact) mass is 499 g/mol. The van der Waals surface area contributed by atoms with Gasteiger partial charge < -0.3 is 9.88 Å². The Hall–Kier alpha value is -3.02. The van der Waals surface area contributed by atoms with Crippen LogP contribution in [-0.4, -0.2) is 39.8 Å². The molecule has 0 saturated carbocycles. The second-order valence-corrected chi connectivity index (χ2v) is 10.7. The molecule has 8 nitrogen and oxygen atoms in total. The van der Waals surface area contributed by atoms with Gasteiger partial charge >= 0.3 is 0 Å². The van der Waals surface area contributed by atoms with Gasteiger partial charge in [0.2, 0.25) is 5.91 Å². The van der Waals surface area contributed by atoms with Crippen molar-refractivity contribution in [3.63, 3.8) is 0 Å². The molecule has 0 fully saturated rings. The van der Waals surface area contributed by atoms with E-state index in [1.807, 2.05) is 42.6 Å². The fourth-order valence-corrected chi connectivity index (χ4v) is 5.94. The topological polar surface area (TPSA) is 107 Å². The van der Waals surface area contributed by atoms with Crippen LogP contribution in [0.5, 0.6) is 0 Å². The predicted octanol–water partition coefficient (Wildman–Crippen LogP) is 4.13. The van der Waals surface area contributed by atoms with Crippen LogP contribution in [0.25, 0.3) is 11.3 Å². The highest BCUT2D eigenvalue weighted by atomic mass is 32.2. The van der Waals surface area contributed by atoms with Crippen LogP contribution in [0.3, 0.4) is 0 Å². The first-order chi connectivity index (χ1) is 16.0. The third kappa shape index (κ3) is 5.67. The van der Waals surface area contributed by atoms with E-state index < -0.39 is 9.84 Å². The maximum atomic E-state index is 12.7. The van der Waals surface area contributed by atoms with Gasteiger partial charge in [-0.15, -0.1) is 21.5 Å². The molecule has 4 aromatic rings. The van der Waals surface area contributed by atoms with Gasteiger partial charge in [-0.3, -0.25) is 4.79 Å². The van der Waals surface area contributed by atoms with Gasteiger partial charge in [-0.25, -0.2) is 13.4 Å². The molecule has 2 aromatic carbocycles. The number of nitrogens with zero attached hydrogens (tertiary/aromatic N) is 4. The van der Waals surface area contributed by atoms with E-state index in [4.69, 9.17) is 0 Å². The number of sulfone groups is 1. The van der Waals surface area contributed by atoms with Gasteiger partial charge in [-0.1, -0.05) is 60.3 Å². The normalized spacial score (nSPS) is 11.4. The summed E-state index contributed by atoms with van der Waals surface area (Å²) < 4.78 is 27.1. The largest absolute Gasteiger partial charge is 0.305 e. The minimum atomic E-state index is -3.54. The lowest BCUT2D eigenvalue weighted by molar-refractivity contribution is -0.113. The molecule has 0 spiro atoms. The minimum absolute atomic E-state index is 0.101. The Morgan fingerprint density at radius 1 is 1.06 bits per heavy atom. The predicted molar refractivity (Wildman–Crippen MR) is 130 cm³/mol. The van der Waals surface area contributed by atoms with Crippen molar-refractivity contribution in [1.82, 2.24) is 19.7 Å². The molecule has 2 aromatic heterocycles. The van der Waals surface area contributed by atoms with Crippen LogP contribution in [-0.2, 0) is 26.9 Å².